The second kappa shape index (κ2) is 7.11. The molecule has 0 unspecified atom stereocenters. The van der Waals surface area contributed by atoms with Gasteiger partial charge in [0.15, 0.2) is 0 Å². The Kier molecular flexibility index (Phi) is 6.05. The zero-order chi connectivity index (χ0) is 15.3. The number of thioether (sulfide) groups is 1. The van der Waals surface area contributed by atoms with Crippen molar-refractivity contribution in [3.63, 3.8) is 0 Å². The fourth-order valence-electron chi connectivity index (χ4n) is 1.89. The van der Waals surface area contributed by atoms with Gasteiger partial charge in [0.1, 0.15) is 0 Å². The van der Waals surface area contributed by atoms with Crippen LogP contribution in [0, 0.1) is 11.3 Å². The fourth-order valence-corrected chi connectivity index (χ4v) is 2.89. The molecule has 0 aliphatic carbocycles. The molecule has 0 bridgehead atoms. The number of amides is 3. The first-order valence-corrected chi connectivity index (χ1v) is 8.05. The quantitative estimate of drug-likeness (QED) is 0.750. The van der Waals surface area contributed by atoms with Gasteiger partial charge in [-0.3, -0.25) is 19.3 Å². The molecule has 1 rings (SSSR count). The molecule has 0 spiro atoms. The first-order chi connectivity index (χ1) is 9.20. The van der Waals surface area contributed by atoms with Crippen molar-refractivity contribution in [2.75, 3.05) is 24.6 Å². The lowest BCUT2D eigenvalue weighted by molar-refractivity contribution is -0.139. The van der Waals surface area contributed by atoms with Gasteiger partial charge in [0.05, 0.1) is 5.75 Å². The zero-order valence-corrected chi connectivity index (χ0v) is 13.5. The van der Waals surface area contributed by atoms with Gasteiger partial charge in [-0.25, -0.2) is 0 Å². The van der Waals surface area contributed by atoms with Gasteiger partial charge in [0.2, 0.25) is 17.7 Å². The van der Waals surface area contributed by atoms with Crippen molar-refractivity contribution in [3.05, 3.63) is 0 Å². The van der Waals surface area contributed by atoms with E-state index in [2.05, 4.69) is 26.1 Å². The molecule has 1 fully saturated rings. The fraction of sp³-hybridized carbons (Fsp3) is 0.786. The number of nitrogens with one attached hydrogen (secondary N) is 1. The number of nitrogens with zero attached hydrogens (tertiary/aromatic N) is 1. The topological polar surface area (TPSA) is 66.5 Å². The zero-order valence-electron chi connectivity index (χ0n) is 12.7. The number of imide groups is 1. The largest absolute Gasteiger partial charge is 0.354 e. The van der Waals surface area contributed by atoms with E-state index in [4.69, 9.17) is 0 Å². The molecule has 0 aromatic carbocycles. The third-order valence-electron chi connectivity index (χ3n) is 2.90. The van der Waals surface area contributed by atoms with Gasteiger partial charge in [0, 0.05) is 25.4 Å². The van der Waals surface area contributed by atoms with Gasteiger partial charge in [-0.2, -0.15) is 11.8 Å². The summed E-state index contributed by atoms with van der Waals surface area (Å²) in [6.07, 6.45) is 0.286. The minimum atomic E-state index is -0.222. The molecule has 1 heterocycles. The Hall–Kier alpha value is -1.04. The minimum Gasteiger partial charge on any atom is -0.354 e. The Morgan fingerprint density at radius 3 is 2.55 bits per heavy atom. The van der Waals surface area contributed by atoms with E-state index < -0.39 is 0 Å². The van der Waals surface area contributed by atoms with E-state index in [0.29, 0.717) is 12.3 Å². The van der Waals surface area contributed by atoms with Crippen LogP contribution in [0.2, 0.25) is 0 Å². The Morgan fingerprint density at radius 2 is 2.05 bits per heavy atom. The minimum absolute atomic E-state index is 0.0496. The van der Waals surface area contributed by atoms with Gasteiger partial charge in [-0.15, -0.1) is 0 Å². The van der Waals surface area contributed by atoms with E-state index in [0.717, 1.165) is 5.75 Å². The molecule has 20 heavy (non-hydrogen) atoms. The number of likely N-dealkylation sites (tertiary alicyclic amines) is 1. The van der Waals surface area contributed by atoms with Crippen LogP contribution < -0.4 is 5.32 Å². The summed E-state index contributed by atoms with van der Waals surface area (Å²) >= 11 is 1.59. The summed E-state index contributed by atoms with van der Waals surface area (Å²) in [6.45, 7) is 8.75. The number of hydrogen-bond donors (Lipinski definition) is 1. The Balaban J connectivity index is 2.19. The highest BCUT2D eigenvalue weighted by Gasteiger charge is 2.34. The molecule has 1 atom stereocenters. The molecule has 0 aromatic heterocycles. The number of rotatable bonds is 6. The highest BCUT2D eigenvalue weighted by Crippen LogP contribution is 2.20. The van der Waals surface area contributed by atoms with Crippen molar-refractivity contribution in [3.8, 4) is 0 Å². The molecule has 114 valence electrons. The second-order valence-electron chi connectivity index (χ2n) is 6.39. The summed E-state index contributed by atoms with van der Waals surface area (Å²) in [4.78, 5) is 36.1. The normalized spacial score (nSPS) is 19.6. The van der Waals surface area contributed by atoms with Gasteiger partial charge < -0.3 is 5.32 Å². The third kappa shape index (κ3) is 5.53. The van der Waals surface area contributed by atoms with Crippen LogP contribution in [0.25, 0.3) is 0 Å². The molecule has 6 heteroatoms. The second-order valence-corrected chi connectivity index (χ2v) is 7.38. The SMILES string of the molecule is C[C@H]1CC(=O)N(CCNC(=O)CSCC(C)(C)C)C1=O. The molecule has 1 saturated heterocycles. The molecule has 3 amide bonds. The molecule has 0 saturated carbocycles. The van der Waals surface area contributed by atoms with Crippen molar-refractivity contribution < 1.29 is 14.4 Å². The molecule has 5 nitrogen and oxygen atoms in total. The molecule has 0 radical (unpaired) electrons. The van der Waals surface area contributed by atoms with Crippen LogP contribution in [0.3, 0.4) is 0 Å². The van der Waals surface area contributed by atoms with Crippen molar-refractivity contribution in [1.29, 1.82) is 0 Å². The molecule has 1 aliphatic rings. The molecule has 1 N–H and O–H groups in total. The molecular formula is C14H24N2O3S. The van der Waals surface area contributed by atoms with E-state index in [-0.39, 0.29) is 42.0 Å². The summed E-state index contributed by atoms with van der Waals surface area (Å²) < 4.78 is 0. The standard InChI is InChI=1S/C14H24N2O3S/c1-10-7-12(18)16(13(10)19)6-5-15-11(17)8-20-9-14(2,3)4/h10H,5-9H2,1-4H3,(H,15,17)/t10-/m0/s1. The maximum Gasteiger partial charge on any atom is 0.232 e. The van der Waals surface area contributed by atoms with E-state index >= 15 is 0 Å². The number of carbonyl (C=O) groups is 3. The first-order valence-electron chi connectivity index (χ1n) is 6.89. The molecule has 0 aromatic rings. The lowest BCUT2D eigenvalue weighted by Gasteiger charge is -2.17. The van der Waals surface area contributed by atoms with Crippen LogP contribution >= 0.6 is 11.8 Å². The van der Waals surface area contributed by atoms with E-state index in [1.807, 2.05) is 0 Å². The van der Waals surface area contributed by atoms with Crippen molar-refractivity contribution in [2.24, 2.45) is 11.3 Å². The Bertz CT molecular complexity index is 390. The predicted octanol–water partition coefficient (Wildman–Crippen LogP) is 1.28. The van der Waals surface area contributed by atoms with Crippen molar-refractivity contribution >= 4 is 29.5 Å². The van der Waals surface area contributed by atoms with Crippen LogP contribution in [-0.4, -0.2) is 47.2 Å². The number of carbonyl (C=O) groups excluding carboxylic acids is 3. The van der Waals surface area contributed by atoms with Gasteiger partial charge >= 0.3 is 0 Å². The highest BCUT2D eigenvalue weighted by molar-refractivity contribution is 7.99. The summed E-state index contributed by atoms with van der Waals surface area (Å²) in [7, 11) is 0. The van der Waals surface area contributed by atoms with Gasteiger partial charge in [-0.1, -0.05) is 27.7 Å². The van der Waals surface area contributed by atoms with Crippen LogP contribution in [0.1, 0.15) is 34.1 Å². The van der Waals surface area contributed by atoms with E-state index in [1.165, 1.54) is 4.90 Å². The highest BCUT2D eigenvalue weighted by atomic mass is 32.2. The maximum atomic E-state index is 11.7. The monoisotopic (exact) mass is 300 g/mol. The lowest BCUT2D eigenvalue weighted by atomic mass is 10.0. The van der Waals surface area contributed by atoms with Crippen LogP contribution in [0.4, 0.5) is 0 Å². The predicted molar refractivity (Wildman–Crippen MR) is 80.3 cm³/mol. The smallest absolute Gasteiger partial charge is 0.232 e. The summed E-state index contributed by atoms with van der Waals surface area (Å²) in [5.41, 5.74) is 0.204. The molecule has 1 aliphatic heterocycles. The maximum absolute atomic E-state index is 11.7. The van der Waals surface area contributed by atoms with Gasteiger partial charge in [-0.05, 0) is 11.2 Å². The van der Waals surface area contributed by atoms with Crippen LogP contribution in [0.15, 0.2) is 0 Å². The van der Waals surface area contributed by atoms with Crippen molar-refractivity contribution in [1.82, 2.24) is 10.2 Å². The Morgan fingerprint density at radius 1 is 1.40 bits per heavy atom. The number of hydrogen-bond acceptors (Lipinski definition) is 4. The average Bonchev–Trinajstić information content (AvgIpc) is 2.54. The van der Waals surface area contributed by atoms with Gasteiger partial charge in [0.25, 0.3) is 0 Å². The third-order valence-corrected chi connectivity index (χ3v) is 4.43. The van der Waals surface area contributed by atoms with E-state index in [1.54, 1.807) is 18.7 Å². The molecular weight excluding hydrogens is 276 g/mol. The summed E-state index contributed by atoms with van der Waals surface area (Å²) in [5, 5.41) is 2.75. The summed E-state index contributed by atoms with van der Waals surface area (Å²) in [6, 6.07) is 0. The average molecular weight is 300 g/mol. The van der Waals surface area contributed by atoms with E-state index in [9.17, 15) is 14.4 Å². The van der Waals surface area contributed by atoms with Crippen LogP contribution in [0.5, 0.6) is 0 Å². The summed E-state index contributed by atoms with van der Waals surface area (Å²) in [5.74, 6) is 0.786. The van der Waals surface area contributed by atoms with Crippen molar-refractivity contribution in [2.45, 2.75) is 34.1 Å². The first kappa shape index (κ1) is 17.0. The van der Waals surface area contributed by atoms with Crippen LogP contribution in [-0.2, 0) is 14.4 Å². The Labute approximate surface area is 124 Å². The lowest BCUT2D eigenvalue weighted by Crippen LogP contribution is -2.38.